The van der Waals surface area contributed by atoms with Crippen molar-refractivity contribution in [2.75, 3.05) is 0 Å². The van der Waals surface area contributed by atoms with Gasteiger partial charge in [-0.05, 0) is 28.3 Å². The van der Waals surface area contributed by atoms with Crippen molar-refractivity contribution in [3.63, 3.8) is 0 Å². The molecule has 0 fully saturated rings. The second kappa shape index (κ2) is 6.70. The lowest BCUT2D eigenvalue weighted by Crippen LogP contribution is -2.39. The molecule has 2 atom stereocenters. The Morgan fingerprint density at radius 3 is 2.17 bits per heavy atom. The molecule has 3 aromatic carbocycles. The van der Waals surface area contributed by atoms with Gasteiger partial charge >= 0.3 is 0 Å². The highest BCUT2D eigenvalue weighted by molar-refractivity contribution is 6.13. The monoisotopic (exact) mass is 376 g/mol. The van der Waals surface area contributed by atoms with Crippen LogP contribution in [0.5, 0.6) is 0 Å². The maximum atomic E-state index is 13.6. The van der Waals surface area contributed by atoms with Crippen molar-refractivity contribution in [1.29, 1.82) is 0 Å². The van der Waals surface area contributed by atoms with Crippen LogP contribution in [0.4, 0.5) is 0 Å². The number of carbonyl (C=O) groups excluding carboxylic acids is 1. The molecule has 3 aromatic rings. The minimum atomic E-state index is -0.123. The lowest BCUT2D eigenvalue weighted by atomic mass is 9.60. The Morgan fingerprint density at radius 1 is 0.759 bits per heavy atom. The van der Waals surface area contributed by atoms with Crippen molar-refractivity contribution >= 4 is 5.78 Å². The summed E-state index contributed by atoms with van der Waals surface area (Å²) < 4.78 is 0. The quantitative estimate of drug-likeness (QED) is 0.454. The van der Waals surface area contributed by atoms with E-state index in [9.17, 15) is 4.79 Å². The third-order valence-corrected chi connectivity index (χ3v) is 6.49. The summed E-state index contributed by atoms with van der Waals surface area (Å²) in [5, 5.41) is 0. The standard InChI is InChI=1S/C28H24O/c1-28(2)25-15-13-21(19-9-5-3-6-10-19)17-23(25)27(29)24-18-22(14-16-26(24)28)20-11-7-4-8-12-20/h3-18,21,25H,1-2H3. The number of allylic oxidation sites excluding steroid dienone is 4. The van der Waals surface area contributed by atoms with Crippen LogP contribution in [0.3, 0.4) is 0 Å². The van der Waals surface area contributed by atoms with Gasteiger partial charge in [0, 0.05) is 28.4 Å². The number of hydrogen-bond donors (Lipinski definition) is 0. The van der Waals surface area contributed by atoms with E-state index in [1.54, 1.807) is 0 Å². The number of benzene rings is 3. The minimum absolute atomic E-state index is 0.116. The molecule has 5 rings (SSSR count). The van der Waals surface area contributed by atoms with Crippen LogP contribution in [0.25, 0.3) is 11.1 Å². The Labute approximate surface area is 172 Å². The molecule has 0 N–H and O–H groups in total. The maximum absolute atomic E-state index is 13.6. The van der Waals surface area contributed by atoms with E-state index in [0.29, 0.717) is 0 Å². The Balaban J connectivity index is 1.62. The first-order chi connectivity index (χ1) is 14.1. The molecule has 1 heteroatoms. The summed E-state index contributed by atoms with van der Waals surface area (Å²) in [6, 6.07) is 27.1. The molecule has 0 saturated carbocycles. The van der Waals surface area contributed by atoms with Gasteiger partial charge < -0.3 is 0 Å². The Hall–Kier alpha value is -3.19. The van der Waals surface area contributed by atoms with Gasteiger partial charge in [-0.3, -0.25) is 4.79 Å². The SMILES string of the molecule is CC1(C)c2ccc(-c3ccccc3)cc2C(=O)C2=CC(c3ccccc3)C=CC21. The third-order valence-electron chi connectivity index (χ3n) is 6.49. The average Bonchev–Trinajstić information content (AvgIpc) is 2.78. The summed E-state index contributed by atoms with van der Waals surface area (Å²) in [5.41, 5.74) is 6.27. The lowest BCUT2D eigenvalue weighted by Gasteiger charge is -2.42. The van der Waals surface area contributed by atoms with Gasteiger partial charge in [-0.15, -0.1) is 0 Å². The number of rotatable bonds is 2. The molecule has 0 aromatic heterocycles. The van der Waals surface area contributed by atoms with E-state index >= 15 is 0 Å². The van der Waals surface area contributed by atoms with Crippen molar-refractivity contribution in [2.45, 2.75) is 25.2 Å². The average molecular weight is 376 g/mol. The minimum Gasteiger partial charge on any atom is -0.289 e. The van der Waals surface area contributed by atoms with E-state index in [2.05, 4.69) is 86.7 Å². The van der Waals surface area contributed by atoms with Gasteiger partial charge in [0.2, 0.25) is 0 Å². The molecule has 0 heterocycles. The van der Waals surface area contributed by atoms with Crippen molar-refractivity contribution in [3.8, 4) is 11.1 Å². The van der Waals surface area contributed by atoms with Crippen LogP contribution in [0.15, 0.2) is 103 Å². The van der Waals surface area contributed by atoms with Crippen molar-refractivity contribution in [2.24, 2.45) is 5.92 Å². The van der Waals surface area contributed by atoms with Crippen LogP contribution in [-0.2, 0) is 5.41 Å². The lowest BCUT2D eigenvalue weighted by molar-refractivity contribution is 0.0999. The van der Waals surface area contributed by atoms with Gasteiger partial charge in [0.1, 0.15) is 0 Å². The van der Waals surface area contributed by atoms with Crippen LogP contribution < -0.4 is 0 Å². The molecule has 29 heavy (non-hydrogen) atoms. The molecular formula is C28H24O. The first-order valence-corrected chi connectivity index (χ1v) is 10.3. The number of Topliss-reactive ketones (excluding diaryl/α,β-unsaturated/α-hetero) is 1. The number of carbonyl (C=O) groups is 1. The fraction of sp³-hybridized carbons (Fsp3) is 0.179. The molecule has 0 amide bonds. The summed E-state index contributed by atoms with van der Waals surface area (Å²) in [7, 11) is 0. The zero-order valence-electron chi connectivity index (χ0n) is 16.8. The highest BCUT2D eigenvalue weighted by Crippen LogP contribution is 2.48. The molecule has 0 radical (unpaired) electrons. The molecule has 0 saturated heterocycles. The molecule has 0 spiro atoms. The van der Waals surface area contributed by atoms with Crippen LogP contribution in [0.1, 0.15) is 41.3 Å². The van der Waals surface area contributed by atoms with E-state index < -0.39 is 0 Å². The maximum Gasteiger partial charge on any atom is 0.189 e. The fourth-order valence-electron chi connectivity index (χ4n) is 4.84. The molecule has 0 bridgehead atoms. The second-order valence-corrected chi connectivity index (χ2v) is 8.60. The zero-order chi connectivity index (χ0) is 20.0. The molecule has 2 unspecified atom stereocenters. The number of hydrogen-bond acceptors (Lipinski definition) is 1. The van der Waals surface area contributed by atoms with Gasteiger partial charge in [0.25, 0.3) is 0 Å². The van der Waals surface area contributed by atoms with Gasteiger partial charge in [-0.25, -0.2) is 0 Å². The van der Waals surface area contributed by atoms with Gasteiger partial charge in [0.05, 0.1) is 0 Å². The van der Waals surface area contributed by atoms with Crippen molar-refractivity contribution in [1.82, 2.24) is 0 Å². The highest BCUT2D eigenvalue weighted by Gasteiger charge is 2.43. The van der Waals surface area contributed by atoms with Crippen molar-refractivity contribution in [3.05, 3.63) is 119 Å². The topological polar surface area (TPSA) is 17.1 Å². The predicted octanol–water partition coefficient (Wildman–Crippen LogP) is 6.72. The first kappa shape index (κ1) is 17.9. The number of ketones is 1. The highest BCUT2D eigenvalue weighted by atomic mass is 16.1. The normalized spacial score (nSPS) is 21.9. The van der Waals surface area contributed by atoms with Gasteiger partial charge in [-0.1, -0.05) is 105 Å². The Morgan fingerprint density at radius 2 is 1.45 bits per heavy atom. The first-order valence-electron chi connectivity index (χ1n) is 10.3. The predicted molar refractivity (Wildman–Crippen MR) is 119 cm³/mol. The molecule has 0 aliphatic heterocycles. The van der Waals surface area contributed by atoms with Crippen molar-refractivity contribution < 1.29 is 4.79 Å². The fourth-order valence-corrected chi connectivity index (χ4v) is 4.84. The number of fused-ring (bicyclic) bond motifs is 2. The van der Waals surface area contributed by atoms with Crippen LogP contribution >= 0.6 is 0 Å². The van der Waals surface area contributed by atoms with Crippen LogP contribution in [0.2, 0.25) is 0 Å². The third kappa shape index (κ3) is 2.89. The molecule has 2 aliphatic rings. The van der Waals surface area contributed by atoms with Gasteiger partial charge in [0.15, 0.2) is 5.78 Å². The van der Waals surface area contributed by atoms with E-state index in [4.69, 9.17) is 0 Å². The van der Waals surface area contributed by atoms with E-state index in [1.165, 1.54) is 5.56 Å². The summed E-state index contributed by atoms with van der Waals surface area (Å²) >= 11 is 0. The van der Waals surface area contributed by atoms with Crippen LogP contribution in [-0.4, -0.2) is 5.78 Å². The smallest absolute Gasteiger partial charge is 0.189 e. The molecular weight excluding hydrogens is 352 g/mol. The summed E-state index contributed by atoms with van der Waals surface area (Å²) in [6.07, 6.45) is 6.68. The van der Waals surface area contributed by atoms with Gasteiger partial charge in [-0.2, -0.15) is 0 Å². The second-order valence-electron chi connectivity index (χ2n) is 8.60. The van der Waals surface area contributed by atoms with E-state index in [-0.39, 0.29) is 23.0 Å². The van der Waals surface area contributed by atoms with Crippen LogP contribution in [0, 0.1) is 5.92 Å². The molecule has 1 nitrogen and oxygen atoms in total. The summed E-state index contributed by atoms with van der Waals surface area (Å²) in [5.74, 6) is 0.443. The Bertz CT molecular complexity index is 1130. The largest absolute Gasteiger partial charge is 0.289 e. The van der Waals surface area contributed by atoms with E-state index in [1.807, 2.05) is 24.3 Å². The molecule has 142 valence electrons. The van der Waals surface area contributed by atoms with E-state index in [0.717, 1.165) is 27.8 Å². The summed E-state index contributed by atoms with van der Waals surface area (Å²) in [4.78, 5) is 13.6. The Kier molecular flexibility index (Phi) is 4.13. The molecule has 2 aliphatic carbocycles. The zero-order valence-corrected chi connectivity index (χ0v) is 16.8. The summed E-state index contributed by atoms with van der Waals surface area (Å²) in [6.45, 7) is 4.51.